The van der Waals surface area contributed by atoms with Gasteiger partial charge in [-0.2, -0.15) is 4.31 Å². The molecule has 3 aliphatic rings. The summed E-state index contributed by atoms with van der Waals surface area (Å²) in [5.74, 6) is 1.81. The Balaban J connectivity index is 0.00000182. The lowest BCUT2D eigenvalue weighted by Gasteiger charge is -2.26. The average molecular weight is 407 g/mol. The predicted octanol–water partition coefficient (Wildman–Crippen LogP) is 2.78. The minimum Gasteiger partial charge on any atom is -0.492 e. The minimum atomic E-state index is -3.57. The van der Waals surface area contributed by atoms with Gasteiger partial charge in [-0.15, -0.1) is 12.4 Å². The van der Waals surface area contributed by atoms with Crippen molar-refractivity contribution < 1.29 is 13.2 Å². The highest BCUT2D eigenvalue weighted by molar-refractivity contribution is 7.89. The third-order valence-corrected chi connectivity index (χ3v) is 7.67. The molecule has 8 heteroatoms. The van der Waals surface area contributed by atoms with E-state index in [9.17, 15) is 8.42 Å². The molecule has 1 aliphatic carbocycles. The van der Waals surface area contributed by atoms with Gasteiger partial charge in [0.15, 0.2) is 0 Å². The van der Waals surface area contributed by atoms with Crippen molar-refractivity contribution in [2.75, 3.05) is 32.8 Å². The van der Waals surface area contributed by atoms with Gasteiger partial charge in [0.2, 0.25) is 10.0 Å². The van der Waals surface area contributed by atoms with E-state index in [1.807, 2.05) is 0 Å². The summed E-state index contributed by atoms with van der Waals surface area (Å²) < 4.78 is 33.7. The molecule has 4 rings (SSSR count). The number of rotatable bonds is 5. The maximum absolute atomic E-state index is 13.1. The monoisotopic (exact) mass is 406 g/mol. The zero-order valence-corrected chi connectivity index (χ0v) is 16.4. The van der Waals surface area contributed by atoms with E-state index < -0.39 is 10.0 Å². The fraction of sp³-hybridized carbons (Fsp3) is 0.647. The topological polar surface area (TPSA) is 58.6 Å². The number of benzene rings is 1. The molecule has 1 N–H and O–H groups in total. The molecule has 0 unspecified atom stereocenters. The number of hydrogen-bond acceptors (Lipinski definition) is 4. The first kappa shape index (κ1) is 19.2. The van der Waals surface area contributed by atoms with E-state index in [4.69, 9.17) is 16.3 Å². The second-order valence-corrected chi connectivity index (χ2v) is 9.54. The Bertz CT molecular complexity index is 713. The van der Waals surface area contributed by atoms with Crippen LogP contribution in [0.25, 0.3) is 0 Å². The van der Waals surface area contributed by atoms with Crippen LogP contribution in [0.15, 0.2) is 23.1 Å². The second-order valence-electron chi connectivity index (χ2n) is 7.20. The lowest BCUT2D eigenvalue weighted by atomic mass is 9.86. The predicted molar refractivity (Wildman–Crippen MR) is 100 cm³/mol. The summed E-state index contributed by atoms with van der Waals surface area (Å²) in [4.78, 5) is 0.210. The zero-order chi connectivity index (χ0) is 16.7. The Labute approximate surface area is 160 Å². The molecule has 2 heterocycles. The van der Waals surface area contributed by atoms with Gasteiger partial charge in [-0.25, -0.2) is 8.42 Å². The fourth-order valence-electron chi connectivity index (χ4n) is 3.82. The van der Waals surface area contributed by atoms with E-state index >= 15 is 0 Å². The molecule has 140 valence electrons. The quantitative estimate of drug-likeness (QED) is 0.816. The molecule has 25 heavy (non-hydrogen) atoms. The van der Waals surface area contributed by atoms with E-state index in [-0.39, 0.29) is 17.3 Å². The molecule has 5 nitrogen and oxygen atoms in total. The van der Waals surface area contributed by atoms with E-state index in [0.29, 0.717) is 48.2 Å². The summed E-state index contributed by atoms with van der Waals surface area (Å²) >= 11 is 6.08. The molecule has 0 spiro atoms. The second kappa shape index (κ2) is 7.61. The zero-order valence-electron chi connectivity index (χ0n) is 14.0. The number of halogens is 2. The van der Waals surface area contributed by atoms with Crippen LogP contribution in [0.4, 0.5) is 0 Å². The lowest BCUT2D eigenvalue weighted by Crippen LogP contribution is -2.32. The Kier molecular flexibility index (Phi) is 5.85. The standard InChI is InChI=1S/C17H23ClN2O3S.ClH/c18-15-4-5-16(23-11-12-2-1-3-12)17(6-15)24(21,22)20-9-13-7-19-8-14(13)10-20;/h4-6,12-14,19H,1-3,7-11H2;1H/t13-,14+;. The molecule has 0 aromatic heterocycles. The third kappa shape index (κ3) is 3.78. The van der Waals surface area contributed by atoms with Gasteiger partial charge >= 0.3 is 0 Å². The number of nitrogens with one attached hydrogen (secondary N) is 1. The van der Waals surface area contributed by atoms with Crippen LogP contribution in [0.5, 0.6) is 5.75 Å². The van der Waals surface area contributed by atoms with Crippen LogP contribution in [-0.4, -0.2) is 45.5 Å². The largest absolute Gasteiger partial charge is 0.492 e. The summed E-state index contributed by atoms with van der Waals surface area (Å²) in [6, 6.07) is 4.91. The van der Waals surface area contributed by atoms with Gasteiger partial charge < -0.3 is 10.1 Å². The van der Waals surface area contributed by atoms with Crippen molar-refractivity contribution in [3.05, 3.63) is 23.2 Å². The SMILES string of the molecule is Cl.O=S(=O)(c1cc(Cl)ccc1OCC1CCC1)N1C[C@H]2CNC[C@H]2C1. The molecule has 2 aliphatic heterocycles. The van der Waals surface area contributed by atoms with Crippen molar-refractivity contribution in [3.63, 3.8) is 0 Å². The molecule has 3 fully saturated rings. The molecule has 0 bridgehead atoms. The van der Waals surface area contributed by atoms with Crippen LogP contribution in [0.3, 0.4) is 0 Å². The smallest absolute Gasteiger partial charge is 0.246 e. The van der Waals surface area contributed by atoms with Crippen molar-refractivity contribution >= 4 is 34.0 Å². The minimum absolute atomic E-state index is 0. The number of nitrogens with zero attached hydrogens (tertiary/aromatic N) is 1. The van der Waals surface area contributed by atoms with Gasteiger partial charge in [0.05, 0.1) is 6.61 Å². The molecular formula is C17H24Cl2N2O3S. The van der Waals surface area contributed by atoms with Crippen LogP contribution in [0, 0.1) is 17.8 Å². The van der Waals surface area contributed by atoms with Crippen molar-refractivity contribution in [2.45, 2.75) is 24.2 Å². The van der Waals surface area contributed by atoms with Crippen LogP contribution in [-0.2, 0) is 10.0 Å². The van der Waals surface area contributed by atoms with Gasteiger partial charge in [0.1, 0.15) is 10.6 Å². The summed E-state index contributed by atoms with van der Waals surface area (Å²) in [5.41, 5.74) is 0. The van der Waals surface area contributed by atoms with Gasteiger partial charge in [0.25, 0.3) is 0 Å². The summed E-state index contributed by atoms with van der Waals surface area (Å²) in [6.45, 7) is 3.54. The highest BCUT2D eigenvalue weighted by Crippen LogP contribution is 2.36. The first-order valence-corrected chi connectivity index (χ1v) is 10.5. The van der Waals surface area contributed by atoms with Crippen LogP contribution in [0.2, 0.25) is 5.02 Å². The van der Waals surface area contributed by atoms with E-state index in [1.165, 1.54) is 12.5 Å². The number of hydrogen-bond donors (Lipinski definition) is 1. The maximum atomic E-state index is 13.1. The van der Waals surface area contributed by atoms with Crippen LogP contribution < -0.4 is 10.1 Å². The molecule has 2 saturated heterocycles. The van der Waals surface area contributed by atoms with E-state index in [1.54, 1.807) is 16.4 Å². The molecular weight excluding hydrogens is 383 g/mol. The third-order valence-electron chi connectivity index (χ3n) is 5.58. The fourth-order valence-corrected chi connectivity index (χ4v) is 5.77. The normalized spacial score (nSPS) is 26.8. The summed E-state index contributed by atoms with van der Waals surface area (Å²) in [6.07, 6.45) is 3.57. The van der Waals surface area contributed by atoms with Crippen molar-refractivity contribution in [1.82, 2.24) is 9.62 Å². The molecule has 0 amide bonds. The van der Waals surface area contributed by atoms with Gasteiger partial charge in [0, 0.05) is 18.1 Å². The highest BCUT2D eigenvalue weighted by atomic mass is 35.5. The molecule has 1 aromatic rings. The van der Waals surface area contributed by atoms with Gasteiger partial charge in [-0.1, -0.05) is 18.0 Å². The Hall–Kier alpha value is -0.530. The Morgan fingerprint density at radius 1 is 1.20 bits per heavy atom. The summed E-state index contributed by atoms with van der Waals surface area (Å²) in [7, 11) is -3.57. The van der Waals surface area contributed by atoms with Crippen molar-refractivity contribution in [3.8, 4) is 5.75 Å². The van der Waals surface area contributed by atoms with Crippen LogP contribution in [0.1, 0.15) is 19.3 Å². The van der Waals surface area contributed by atoms with E-state index in [2.05, 4.69) is 5.32 Å². The molecule has 1 saturated carbocycles. The van der Waals surface area contributed by atoms with Crippen molar-refractivity contribution in [1.29, 1.82) is 0 Å². The lowest BCUT2D eigenvalue weighted by molar-refractivity contribution is 0.177. The van der Waals surface area contributed by atoms with Gasteiger partial charge in [-0.3, -0.25) is 0 Å². The number of ether oxygens (including phenoxy) is 1. The first-order valence-electron chi connectivity index (χ1n) is 8.67. The molecule has 2 atom stereocenters. The molecule has 0 radical (unpaired) electrons. The van der Waals surface area contributed by atoms with Crippen molar-refractivity contribution in [2.24, 2.45) is 17.8 Å². The maximum Gasteiger partial charge on any atom is 0.246 e. The van der Waals surface area contributed by atoms with Gasteiger partial charge in [-0.05, 0) is 61.9 Å². The highest BCUT2D eigenvalue weighted by Gasteiger charge is 2.42. The molecule has 1 aromatic carbocycles. The Morgan fingerprint density at radius 3 is 2.48 bits per heavy atom. The van der Waals surface area contributed by atoms with E-state index in [0.717, 1.165) is 25.9 Å². The number of sulfonamides is 1. The summed E-state index contributed by atoms with van der Waals surface area (Å²) in [5, 5.41) is 3.76. The average Bonchev–Trinajstić information content (AvgIpc) is 3.08. The number of fused-ring (bicyclic) bond motifs is 1. The van der Waals surface area contributed by atoms with Crippen LogP contribution >= 0.6 is 24.0 Å². The Morgan fingerprint density at radius 2 is 1.88 bits per heavy atom. The first-order chi connectivity index (χ1) is 11.5.